The SMILES string of the molecule is CCOC(=O)CC(=O)CSc1nc2c([nH]c3ccccc32)c(=O)n1CCOC. The van der Waals surface area contributed by atoms with Crippen molar-refractivity contribution in [1.82, 2.24) is 14.5 Å². The number of nitrogens with one attached hydrogen (secondary N) is 1. The number of thioether (sulfide) groups is 1. The molecule has 3 aromatic rings. The topological polar surface area (TPSA) is 103 Å². The molecule has 0 aliphatic heterocycles. The number of ether oxygens (including phenoxy) is 2. The van der Waals surface area contributed by atoms with Crippen LogP contribution in [0.2, 0.25) is 0 Å². The molecule has 28 heavy (non-hydrogen) atoms. The molecule has 0 spiro atoms. The van der Waals surface area contributed by atoms with Crippen LogP contribution in [0.1, 0.15) is 13.3 Å². The maximum absolute atomic E-state index is 13.0. The van der Waals surface area contributed by atoms with Gasteiger partial charge in [0.25, 0.3) is 5.56 Å². The van der Waals surface area contributed by atoms with Gasteiger partial charge in [0.1, 0.15) is 17.5 Å². The maximum Gasteiger partial charge on any atom is 0.313 e. The molecular formula is C19H21N3O5S. The number of nitrogens with zero attached hydrogens (tertiary/aromatic N) is 2. The van der Waals surface area contributed by atoms with Crippen molar-refractivity contribution < 1.29 is 19.1 Å². The Morgan fingerprint density at radius 2 is 2.07 bits per heavy atom. The first kappa shape index (κ1) is 20.1. The van der Waals surface area contributed by atoms with Crippen molar-refractivity contribution in [2.45, 2.75) is 25.0 Å². The lowest BCUT2D eigenvalue weighted by Crippen LogP contribution is -2.25. The number of aromatic nitrogens is 3. The van der Waals surface area contributed by atoms with E-state index in [1.165, 1.54) is 4.57 Å². The molecule has 9 heteroatoms. The van der Waals surface area contributed by atoms with E-state index in [2.05, 4.69) is 9.97 Å². The van der Waals surface area contributed by atoms with Gasteiger partial charge in [0.15, 0.2) is 10.9 Å². The van der Waals surface area contributed by atoms with E-state index in [9.17, 15) is 14.4 Å². The van der Waals surface area contributed by atoms with Gasteiger partial charge in [-0.1, -0.05) is 30.0 Å². The average molecular weight is 403 g/mol. The van der Waals surface area contributed by atoms with Crippen LogP contribution in [0.5, 0.6) is 0 Å². The van der Waals surface area contributed by atoms with Crippen molar-refractivity contribution in [3.8, 4) is 0 Å². The second kappa shape index (κ2) is 9.03. The number of para-hydroxylation sites is 1. The zero-order valence-electron chi connectivity index (χ0n) is 15.7. The van der Waals surface area contributed by atoms with Crippen molar-refractivity contribution in [3.05, 3.63) is 34.6 Å². The fourth-order valence-corrected chi connectivity index (χ4v) is 3.71. The van der Waals surface area contributed by atoms with E-state index < -0.39 is 5.97 Å². The third-order valence-electron chi connectivity index (χ3n) is 4.10. The molecule has 0 saturated heterocycles. The molecule has 0 unspecified atom stereocenters. The highest BCUT2D eigenvalue weighted by atomic mass is 32.2. The lowest BCUT2D eigenvalue weighted by atomic mass is 10.2. The highest BCUT2D eigenvalue weighted by Crippen LogP contribution is 2.24. The molecule has 2 aromatic heterocycles. The third-order valence-corrected chi connectivity index (χ3v) is 5.14. The van der Waals surface area contributed by atoms with E-state index in [-0.39, 0.29) is 30.1 Å². The molecule has 8 nitrogen and oxygen atoms in total. The number of H-pyrrole nitrogens is 1. The first-order chi connectivity index (χ1) is 13.5. The Kier molecular flexibility index (Phi) is 6.48. The quantitative estimate of drug-likeness (QED) is 0.253. The first-order valence-corrected chi connectivity index (χ1v) is 9.84. The molecule has 0 radical (unpaired) electrons. The first-order valence-electron chi connectivity index (χ1n) is 8.85. The summed E-state index contributed by atoms with van der Waals surface area (Å²) in [5.41, 5.74) is 1.58. The van der Waals surface area contributed by atoms with E-state index >= 15 is 0 Å². The number of fused-ring (bicyclic) bond motifs is 3. The summed E-state index contributed by atoms with van der Waals surface area (Å²) in [6.45, 7) is 2.56. The molecule has 3 rings (SSSR count). The van der Waals surface area contributed by atoms with Crippen molar-refractivity contribution in [1.29, 1.82) is 0 Å². The van der Waals surface area contributed by atoms with Crippen LogP contribution in [-0.4, -0.2) is 52.4 Å². The third kappa shape index (κ3) is 4.26. The Bertz CT molecular complexity index is 1070. The Balaban J connectivity index is 1.94. The van der Waals surface area contributed by atoms with Crippen molar-refractivity contribution in [2.75, 3.05) is 26.1 Å². The molecule has 0 aliphatic rings. The van der Waals surface area contributed by atoms with Gasteiger partial charge in [0.2, 0.25) is 0 Å². The van der Waals surface area contributed by atoms with Crippen molar-refractivity contribution >= 4 is 45.5 Å². The van der Waals surface area contributed by atoms with Crippen molar-refractivity contribution in [3.63, 3.8) is 0 Å². The summed E-state index contributed by atoms with van der Waals surface area (Å²) in [6.07, 6.45) is -0.293. The van der Waals surface area contributed by atoms with Gasteiger partial charge in [-0.05, 0) is 13.0 Å². The molecule has 0 bridgehead atoms. The van der Waals surface area contributed by atoms with Gasteiger partial charge in [-0.15, -0.1) is 0 Å². The summed E-state index contributed by atoms with van der Waals surface area (Å²) in [6, 6.07) is 7.53. The predicted octanol–water partition coefficient (Wildman–Crippen LogP) is 2.14. The standard InChI is InChI=1S/C19H21N3O5S/c1-3-27-15(24)10-12(23)11-28-19-21-16-13-6-4-5-7-14(13)20-17(16)18(25)22(19)8-9-26-2/h4-7,20H,3,8-11H2,1-2H3. The molecule has 2 heterocycles. The second-order valence-corrected chi connectivity index (χ2v) is 6.99. The summed E-state index contributed by atoms with van der Waals surface area (Å²) < 4.78 is 11.4. The van der Waals surface area contributed by atoms with E-state index in [1.54, 1.807) is 14.0 Å². The minimum absolute atomic E-state index is 0.0199. The van der Waals surface area contributed by atoms with Gasteiger partial charge in [0, 0.05) is 18.0 Å². The zero-order valence-corrected chi connectivity index (χ0v) is 16.5. The average Bonchev–Trinajstić information content (AvgIpc) is 3.05. The van der Waals surface area contributed by atoms with Crippen LogP contribution in [-0.2, 0) is 25.6 Å². The van der Waals surface area contributed by atoms with Crippen LogP contribution < -0.4 is 5.56 Å². The number of Topliss-reactive ketones (excluding diaryl/α,β-unsaturated/α-hetero) is 1. The molecule has 0 fully saturated rings. The summed E-state index contributed by atoms with van der Waals surface area (Å²) in [5.74, 6) is -0.813. The molecule has 0 aliphatic carbocycles. The monoisotopic (exact) mass is 403 g/mol. The minimum Gasteiger partial charge on any atom is -0.466 e. The van der Waals surface area contributed by atoms with Gasteiger partial charge < -0.3 is 14.5 Å². The molecule has 0 saturated carbocycles. The minimum atomic E-state index is -0.551. The molecular weight excluding hydrogens is 382 g/mol. The fraction of sp³-hybridized carbons (Fsp3) is 0.368. The number of hydrogen-bond donors (Lipinski definition) is 1. The Hall–Kier alpha value is -2.65. The Morgan fingerprint density at radius 3 is 2.82 bits per heavy atom. The number of carbonyl (C=O) groups excluding carboxylic acids is 2. The predicted molar refractivity (Wildman–Crippen MR) is 107 cm³/mol. The molecule has 1 N–H and O–H groups in total. The van der Waals surface area contributed by atoms with Gasteiger partial charge in [-0.2, -0.15) is 0 Å². The van der Waals surface area contributed by atoms with Crippen LogP contribution in [0, 0.1) is 0 Å². The molecule has 148 valence electrons. The highest BCUT2D eigenvalue weighted by Gasteiger charge is 2.18. The fourth-order valence-electron chi connectivity index (χ4n) is 2.83. The number of carbonyl (C=O) groups is 2. The van der Waals surface area contributed by atoms with Crippen LogP contribution in [0.4, 0.5) is 0 Å². The number of rotatable bonds is 9. The molecule has 1 aromatic carbocycles. The number of esters is 1. The van der Waals surface area contributed by atoms with Gasteiger partial charge in [-0.25, -0.2) is 4.98 Å². The van der Waals surface area contributed by atoms with E-state index in [0.717, 1.165) is 22.7 Å². The zero-order chi connectivity index (χ0) is 20.1. The molecule has 0 atom stereocenters. The van der Waals surface area contributed by atoms with Gasteiger partial charge in [-0.3, -0.25) is 19.0 Å². The van der Waals surface area contributed by atoms with Crippen molar-refractivity contribution in [2.24, 2.45) is 0 Å². The summed E-state index contributed by atoms with van der Waals surface area (Å²) in [5, 5.41) is 1.25. The van der Waals surface area contributed by atoms with E-state index in [1.807, 2.05) is 24.3 Å². The number of aromatic amines is 1. The smallest absolute Gasteiger partial charge is 0.313 e. The van der Waals surface area contributed by atoms with Crippen LogP contribution in [0.3, 0.4) is 0 Å². The lowest BCUT2D eigenvalue weighted by Gasteiger charge is -2.11. The van der Waals surface area contributed by atoms with E-state index in [4.69, 9.17) is 9.47 Å². The normalized spacial score (nSPS) is 11.2. The Labute approximate surface area is 165 Å². The van der Waals surface area contributed by atoms with Crippen LogP contribution in [0.25, 0.3) is 21.9 Å². The molecule has 0 amide bonds. The highest BCUT2D eigenvalue weighted by molar-refractivity contribution is 7.99. The summed E-state index contributed by atoms with van der Waals surface area (Å²) in [7, 11) is 1.55. The van der Waals surface area contributed by atoms with Crippen LogP contribution >= 0.6 is 11.8 Å². The maximum atomic E-state index is 13.0. The summed E-state index contributed by atoms with van der Waals surface area (Å²) >= 11 is 1.13. The lowest BCUT2D eigenvalue weighted by molar-refractivity contribution is -0.145. The van der Waals surface area contributed by atoms with Gasteiger partial charge in [0.05, 0.1) is 25.5 Å². The second-order valence-electron chi connectivity index (χ2n) is 6.05. The Morgan fingerprint density at radius 1 is 1.29 bits per heavy atom. The van der Waals surface area contributed by atoms with Gasteiger partial charge >= 0.3 is 5.97 Å². The summed E-state index contributed by atoms with van der Waals surface area (Å²) in [4.78, 5) is 44.3. The number of ketones is 1. The number of hydrogen-bond acceptors (Lipinski definition) is 7. The van der Waals surface area contributed by atoms with E-state index in [0.29, 0.717) is 29.3 Å². The van der Waals surface area contributed by atoms with Crippen LogP contribution in [0.15, 0.2) is 34.2 Å². The number of benzene rings is 1. The number of methoxy groups -OCH3 is 1. The largest absolute Gasteiger partial charge is 0.466 e.